The van der Waals surface area contributed by atoms with Crippen molar-refractivity contribution in [2.24, 2.45) is 0 Å². The van der Waals surface area contributed by atoms with E-state index in [-0.39, 0.29) is 0 Å². The van der Waals surface area contributed by atoms with Crippen molar-refractivity contribution in [3.8, 4) is 0 Å². The van der Waals surface area contributed by atoms with Gasteiger partial charge < -0.3 is 49.5 Å². The standard InChI is InChI=1S/C16H35B3O16P2/c1-6(21)14(17)32-7(2-20)3-29-36(25,26)30-5-9-13(12(24)16(19)34-9)35-37(27,28)31-4-8-10(22)11(23)15(18)33-8/h6-16,20-24H,2-5,17-19H2,1H3,(H,25,26)(H,27,28)/t6-,7+,8+,9+,10?,11-,12-,13?,14+,15+,16+/m0/s1. The van der Waals surface area contributed by atoms with Gasteiger partial charge >= 0.3 is 15.6 Å². The second kappa shape index (κ2) is 14.1. The summed E-state index contributed by atoms with van der Waals surface area (Å²) in [6, 6.07) is -2.34. The van der Waals surface area contributed by atoms with Crippen LogP contribution in [0.15, 0.2) is 0 Å². The van der Waals surface area contributed by atoms with Crippen LogP contribution in [0.25, 0.3) is 0 Å². The summed E-state index contributed by atoms with van der Waals surface area (Å²) in [4.78, 5) is 20.1. The van der Waals surface area contributed by atoms with Crippen molar-refractivity contribution in [2.75, 3.05) is 26.4 Å². The number of hydrogen-bond acceptors (Lipinski definition) is 14. The van der Waals surface area contributed by atoms with Crippen LogP contribution in [-0.2, 0) is 41.4 Å². The number of aliphatic hydroxyl groups excluding tert-OH is 5. The molecule has 0 aromatic rings. The molecule has 2 aliphatic rings. The molecular formula is C16H35B3O16P2. The summed E-state index contributed by atoms with van der Waals surface area (Å²) < 4.78 is 60.3. The lowest BCUT2D eigenvalue weighted by molar-refractivity contribution is -0.0702. The monoisotopic (exact) mass is 578 g/mol. The van der Waals surface area contributed by atoms with Crippen molar-refractivity contribution >= 4 is 39.2 Å². The van der Waals surface area contributed by atoms with E-state index in [4.69, 9.17) is 32.3 Å². The van der Waals surface area contributed by atoms with Gasteiger partial charge in [-0.15, -0.1) is 0 Å². The Balaban J connectivity index is 1.91. The number of phosphoric acid groups is 2. The Kier molecular flexibility index (Phi) is 12.7. The van der Waals surface area contributed by atoms with Crippen LogP contribution in [0.2, 0.25) is 0 Å². The number of phosphoric ester groups is 2. The maximum Gasteiger partial charge on any atom is 0.472 e. The summed E-state index contributed by atoms with van der Waals surface area (Å²) in [7, 11) is -5.16. The summed E-state index contributed by atoms with van der Waals surface area (Å²) in [5, 5.41) is 48.8. The quantitative estimate of drug-likeness (QED) is 0.0708. The van der Waals surface area contributed by atoms with Gasteiger partial charge in [-0.05, 0) is 6.92 Å². The van der Waals surface area contributed by atoms with Crippen molar-refractivity contribution < 1.29 is 76.8 Å². The van der Waals surface area contributed by atoms with E-state index >= 15 is 0 Å². The van der Waals surface area contributed by atoms with Crippen LogP contribution in [0.5, 0.6) is 0 Å². The number of ether oxygens (including phenoxy) is 3. The summed E-state index contributed by atoms with van der Waals surface area (Å²) in [5.74, 6) is 0. The fourth-order valence-electron chi connectivity index (χ4n) is 3.54. The van der Waals surface area contributed by atoms with E-state index in [1.54, 1.807) is 0 Å². The van der Waals surface area contributed by atoms with Crippen molar-refractivity contribution in [2.45, 2.75) is 73.8 Å². The highest BCUT2D eigenvalue weighted by atomic mass is 31.2. The minimum Gasteiger partial charge on any atom is -0.394 e. The van der Waals surface area contributed by atoms with E-state index < -0.39 is 109 Å². The average molecular weight is 578 g/mol. The minimum atomic E-state index is -4.87. The molecule has 0 radical (unpaired) electrons. The Morgan fingerprint density at radius 2 is 1.43 bits per heavy atom. The molecule has 0 bridgehead atoms. The van der Waals surface area contributed by atoms with Gasteiger partial charge in [-0.25, -0.2) is 9.13 Å². The molecule has 0 saturated carbocycles. The molecule has 0 aromatic heterocycles. The second-order valence-corrected chi connectivity index (χ2v) is 11.9. The van der Waals surface area contributed by atoms with Gasteiger partial charge in [0, 0.05) is 6.00 Å². The molecule has 0 aliphatic carbocycles. The molecule has 13 atom stereocenters. The Bertz CT molecular complexity index is 812. The van der Waals surface area contributed by atoms with Crippen LogP contribution >= 0.6 is 15.6 Å². The average Bonchev–Trinajstić information content (AvgIpc) is 3.22. The summed E-state index contributed by atoms with van der Waals surface area (Å²) in [6.07, 6.45) is -9.85. The van der Waals surface area contributed by atoms with E-state index in [0.29, 0.717) is 0 Å². The first-order valence-corrected chi connectivity index (χ1v) is 14.6. The smallest absolute Gasteiger partial charge is 0.394 e. The van der Waals surface area contributed by atoms with Crippen LogP contribution in [0.1, 0.15) is 6.92 Å². The molecule has 0 amide bonds. The maximum atomic E-state index is 12.5. The summed E-state index contributed by atoms with van der Waals surface area (Å²) in [5.41, 5.74) is 0. The van der Waals surface area contributed by atoms with Gasteiger partial charge in [0.05, 0.1) is 44.5 Å². The van der Waals surface area contributed by atoms with Crippen LogP contribution in [0, 0.1) is 0 Å². The SMILES string of the molecule is B[C@H](O[C@H](CO)COP(=O)(O)OC[C@H]1O[C@@H](B)[C@@H](O)C1OP(=O)(O)OC[C@H]1O[C@@H](B)[C@@H](O)C1O)[C@H](C)O. The maximum absolute atomic E-state index is 12.5. The lowest BCUT2D eigenvalue weighted by atomic mass is 9.93. The van der Waals surface area contributed by atoms with Crippen LogP contribution in [0.3, 0.4) is 0 Å². The van der Waals surface area contributed by atoms with Crippen molar-refractivity contribution in [3.05, 3.63) is 0 Å². The van der Waals surface area contributed by atoms with Gasteiger partial charge in [0.15, 0.2) is 0 Å². The predicted molar refractivity (Wildman–Crippen MR) is 131 cm³/mol. The third kappa shape index (κ3) is 9.90. The molecule has 21 heteroatoms. The molecule has 2 rings (SSSR count). The molecule has 7 N–H and O–H groups in total. The van der Waals surface area contributed by atoms with Crippen LogP contribution < -0.4 is 0 Å². The molecule has 0 aromatic carbocycles. The second-order valence-electron chi connectivity index (χ2n) is 9.01. The molecule has 37 heavy (non-hydrogen) atoms. The predicted octanol–water partition coefficient (Wildman–Crippen LogP) is -5.86. The highest BCUT2D eigenvalue weighted by Crippen LogP contribution is 2.49. The zero-order valence-corrected chi connectivity index (χ0v) is 22.7. The van der Waals surface area contributed by atoms with Gasteiger partial charge in [-0.1, -0.05) is 0 Å². The largest absolute Gasteiger partial charge is 0.472 e. The molecule has 2 fully saturated rings. The normalized spacial score (nSPS) is 38.1. The summed E-state index contributed by atoms with van der Waals surface area (Å²) >= 11 is 0. The van der Waals surface area contributed by atoms with Crippen molar-refractivity contribution in [3.63, 3.8) is 0 Å². The molecule has 214 valence electrons. The Labute approximate surface area is 216 Å². The fraction of sp³-hybridized carbons (Fsp3) is 1.00. The van der Waals surface area contributed by atoms with E-state index in [2.05, 4.69) is 0 Å². The third-order valence-corrected chi connectivity index (χ3v) is 7.88. The molecule has 0 spiro atoms. The zero-order valence-electron chi connectivity index (χ0n) is 20.9. The van der Waals surface area contributed by atoms with E-state index in [1.165, 1.54) is 30.5 Å². The molecule has 2 aliphatic heterocycles. The lowest BCUT2D eigenvalue weighted by Crippen LogP contribution is -2.37. The van der Waals surface area contributed by atoms with Crippen LogP contribution in [0.4, 0.5) is 0 Å². The van der Waals surface area contributed by atoms with Crippen molar-refractivity contribution in [1.82, 2.24) is 0 Å². The third-order valence-electron chi connectivity index (χ3n) is 5.95. The molecule has 2 saturated heterocycles. The molecule has 16 nitrogen and oxygen atoms in total. The van der Waals surface area contributed by atoms with Gasteiger partial charge in [0.2, 0.25) is 0 Å². The zero-order chi connectivity index (χ0) is 28.1. The summed E-state index contributed by atoms with van der Waals surface area (Å²) in [6.45, 7) is -0.994. The highest BCUT2D eigenvalue weighted by molar-refractivity contribution is 7.47. The topological polar surface area (TPSA) is 240 Å². The molecule has 4 unspecified atom stereocenters. The van der Waals surface area contributed by atoms with Crippen molar-refractivity contribution in [1.29, 1.82) is 0 Å². The van der Waals surface area contributed by atoms with E-state index in [9.17, 15) is 44.4 Å². The Morgan fingerprint density at radius 1 is 0.892 bits per heavy atom. The van der Waals surface area contributed by atoms with Gasteiger partial charge in [-0.3, -0.25) is 18.1 Å². The van der Waals surface area contributed by atoms with E-state index in [0.717, 1.165) is 0 Å². The Hall–Kier alpha value is 0.0948. The fourth-order valence-corrected chi connectivity index (χ4v) is 5.27. The molecular weight excluding hydrogens is 543 g/mol. The van der Waals surface area contributed by atoms with Crippen LogP contribution in [-0.4, -0.2) is 152 Å². The lowest BCUT2D eigenvalue weighted by Gasteiger charge is -2.25. The number of rotatable bonds is 15. The minimum absolute atomic E-state index is 0.562. The van der Waals surface area contributed by atoms with E-state index in [1.807, 2.05) is 0 Å². The van der Waals surface area contributed by atoms with Gasteiger partial charge in [0.1, 0.15) is 66.3 Å². The van der Waals surface area contributed by atoms with Gasteiger partial charge in [0.25, 0.3) is 0 Å². The number of aliphatic hydroxyl groups is 5. The first-order chi connectivity index (χ1) is 17.1. The first kappa shape index (κ1) is 33.3. The highest BCUT2D eigenvalue weighted by Gasteiger charge is 2.48. The number of hydrogen-bond donors (Lipinski definition) is 7. The molecule has 2 heterocycles. The Morgan fingerprint density at radius 3 is 1.97 bits per heavy atom. The first-order valence-electron chi connectivity index (χ1n) is 11.6. The van der Waals surface area contributed by atoms with Gasteiger partial charge in [-0.2, -0.15) is 0 Å².